The first kappa shape index (κ1) is 11.9. The van der Waals surface area contributed by atoms with Gasteiger partial charge in [0.2, 0.25) is 5.88 Å². The van der Waals surface area contributed by atoms with Gasteiger partial charge in [-0.15, -0.1) is 0 Å². The van der Waals surface area contributed by atoms with Crippen LogP contribution in [-0.2, 0) is 0 Å². The first-order valence-electron chi connectivity index (χ1n) is 6.43. The number of ether oxygens (including phenoxy) is 1. The van der Waals surface area contributed by atoms with Gasteiger partial charge >= 0.3 is 0 Å². The lowest BCUT2D eigenvalue weighted by molar-refractivity contribution is 0.415. The van der Waals surface area contributed by atoms with Gasteiger partial charge in [-0.3, -0.25) is 0 Å². The van der Waals surface area contributed by atoms with Crippen LogP contribution in [-0.4, -0.2) is 25.4 Å². The summed E-state index contributed by atoms with van der Waals surface area (Å²) in [5.74, 6) is 1.13. The van der Waals surface area contributed by atoms with Crippen LogP contribution in [0.3, 0.4) is 0 Å². The minimum absolute atomic E-state index is 0.324. The predicted octanol–water partition coefficient (Wildman–Crippen LogP) is 2.53. The van der Waals surface area contributed by atoms with Gasteiger partial charge in [0.25, 0.3) is 0 Å². The fraction of sp³-hybridized carbons (Fsp3) is 0.357. The van der Waals surface area contributed by atoms with Crippen LogP contribution in [0.25, 0.3) is 11.3 Å². The van der Waals surface area contributed by atoms with Crippen molar-refractivity contribution >= 4 is 11.6 Å². The molecule has 5 nitrogen and oxygen atoms in total. The molecule has 2 N–H and O–H groups in total. The SMILES string of the molecule is COc1ccc(N2CCCC2)c(-c2cc(N)on2)c1. The Balaban J connectivity index is 2.07. The molecule has 19 heavy (non-hydrogen) atoms. The van der Waals surface area contributed by atoms with E-state index in [-0.39, 0.29) is 0 Å². The second-order valence-electron chi connectivity index (χ2n) is 4.69. The van der Waals surface area contributed by atoms with Crippen molar-refractivity contribution in [1.82, 2.24) is 5.16 Å². The summed E-state index contributed by atoms with van der Waals surface area (Å²) in [7, 11) is 1.66. The molecule has 0 saturated carbocycles. The number of hydrogen-bond donors (Lipinski definition) is 1. The molecule has 0 spiro atoms. The van der Waals surface area contributed by atoms with E-state index >= 15 is 0 Å². The van der Waals surface area contributed by atoms with Gasteiger partial charge in [-0.2, -0.15) is 0 Å². The first-order chi connectivity index (χ1) is 9.28. The van der Waals surface area contributed by atoms with E-state index in [4.69, 9.17) is 15.0 Å². The number of rotatable bonds is 3. The molecular weight excluding hydrogens is 242 g/mol. The quantitative estimate of drug-likeness (QED) is 0.917. The summed E-state index contributed by atoms with van der Waals surface area (Å²) in [4.78, 5) is 2.36. The van der Waals surface area contributed by atoms with Gasteiger partial charge in [0.1, 0.15) is 11.4 Å². The second-order valence-corrected chi connectivity index (χ2v) is 4.69. The van der Waals surface area contributed by atoms with Crippen molar-refractivity contribution in [2.45, 2.75) is 12.8 Å². The van der Waals surface area contributed by atoms with Crippen molar-refractivity contribution in [1.29, 1.82) is 0 Å². The normalized spacial score (nSPS) is 14.9. The third-order valence-corrected chi connectivity index (χ3v) is 3.45. The fourth-order valence-electron chi connectivity index (χ4n) is 2.50. The summed E-state index contributed by atoms with van der Waals surface area (Å²) in [5, 5.41) is 4.01. The number of aromatic nitrogens is 1. The van der Waals surface area contributed by atoms with Gasteiger partial charge in [-0.05, 0) is 31.0 Å². The standard InChI is InChI=1S/C14H17N3O2/c1-18-10-4-5-13(17-6-2-3-7-17)11(8-10)12-9-14(15)19-16-12/h4-5,8-9H,2-3,6-7,15H2,1H3. The number of anilines is 2. The van der Waals surface area contributed by atoms with Crippen molar-refractivity contribution in [2.75, 3.05) is 30.8 Å². The van der Waals surface area contributed by atoms with Crippen molar-refractivity contribution in [3.8, 4) is 17.0 Å². The molecule has 0 unspecified atom stereocenters. The molecule has 1 aliphatic heterocycles. The van der Waals surface area contributed by atoms with Crippen molar-refractivity contribution in [3.05, 3.63) is 24.3 Å². The third kappa shape index (κ3) is 2.23. The Labute approximate surface area is 111 Å². The molecular formula is C14H17N3O2. The molecule has 1 saturated heterocycles. The zero-order chi connectivity index (χ0) is 13.2. The van der Waals surface area contributed by atoms with Gasteiger partial charge in [-0.1, -0.05) is 5.16 Å². The maximum Gasteiger partial charge on any atom is 0.222 e. The van der Waals surface area contributed by atoms with E-state index in [1.165, 1.54) is 12.8 Å². The van der Waals surface area contributed by atoms with E-state index in [9.17, 15) is 0 Å². The largest absolute Gasteiger partial charge is 0.497 e. The van der Waals surface area contributed by atoms with Crippen molar-refractivity contribution in [3.63, 3.8) is 0 Å². The number of nitrogens with two attached hydrogens (primary N) is 1. The van der Waals surface area contributed by atoms with Crippen LogP contribution in [0.4, 0.5) is 11.6 Å². The van der Waals surface area contributed by atoms with Crippen LogP contribution in [0, 0.1) is 0 Å². The molecule has 5 heteroatoms. The van der Waals surface area contributed by atoms with Gasteiger partial charge in [0.15, 0.2) is 0 Å². The van der Waals surface area contributed by atoms with E-state index in [1.54, 1.807) is 13.2 Å². The lowest BCUT2D eigenvalue weighted by atomic mass is 10.1. The van der Waals surface area contributed by atoms with E-state index in [1.807, 2.05) is 12.1 Å². The minimum Gasteiger partial charge on any atom is -0.497 e. The smallest absolute Gasteiger partial charge is 0.222 e. The Morgan fingerprint density at radius 3 is 2.68 bits per heavy atom. The van der Waals surface area contributed by atoms with Gasteiger partial charge < -0.3 is 19.9 Å². The molecule has 100 valence electrons. The average molecular weight is 259 g/mol. The van der Waals surface area contributed by atoms with Crippen LogP contribution in [0.2, 0.25) is 0 Å². The van der Waals surface area contributed by atoms with Crippen LogP contribution < -0.4 is 15.4 Å². The highest BCUT2D eigenvalue weighted by molar-refractivity contribution is 5.78. The maximum atomic E-state index is 5.62. The third-order valence-electron chi connectivity index (χ3n) is 3.45. The highest BCUT2D eigenvalue weighted by atomic mass is 16.5. The Bertz CT molecular complexity index is 574. The number of hydrogen-bond acceptors (Lipinski definition) is 5. The molecule has 2 heterocycles. The number of nitrogens with zero attached hydrogens (tertiary/aromatic N) is 2. The fourth-order valence-corrected chi connectivity index (χ4v) is 2.50. The molecule has 0 atom stereocenters. The Hall–Kier alpha value is -2.17. The van der Waals surface area contributed by atoms with Gasteiger partial charge in [0.05, 0.1) is 7.11 Å². The zero-order valence-corrected chi connectivity index (χ0v) is 10.9. The number of methoxy groups -OCH3 is 1. The molecule has 0 amide bonds. The Morgan fingerprint density at radius 2 is 2.05 bits per heavy atom. The Kier molecular flexibility index (Phi) is 3.03. The molecule has 1 aromatic heterocycles. The minimum atomic E-state index is 0.324. The maximum absolute atomic E-state index is 5.62. The van der Waals surface area contributed by atoms with Gasteiger partial charge in [-0.25, -0.2) is 0 Å². The van der Waals surface area contributed by atoms with E-state index in [2.05, 4.69) is 16.1 Å². The molecule has 1 fully saturated rings. The van der Waals surface area contributed by atoms with E-state index < -0.39 is 0 Å². The summed E-state index contributed by atoms with van der Waals surface area (Å²) in [6.07, 6.45) is 2.46. The molecule has 3 rings (SSSR count). The van der Waals surface area contributed by atoms with Crippen molar-refractivity contribution < 1.29 is 9.26 Å². The summed E-state index contributed by atoms with van der Waals surface area (Å²) in [5.41, 5.74) is 8.52. The molecule has 0 bridgehead atoms. The second kappa shape index (κ2) is 4.84. The van der Waals surface area contributed by atoms with E-state index in [0.717, 1.165) is 35.8 Å². The lowest BCUT2D eigenvalue weighted by Gasteiger charge is -2.21. The van der Waals surface area contributed by atoms with Crippen LogP contribution >= 0.6 is 0 Å². The lowest BCUT2D eigenvalue weighted by Crippen LogP contribution is -2.18. The average Bonchev–Trinajstić information content (AvgIpc) is 3.09. The highest BCUT2D eigenvalue weighted by Gasteiger charge is 2.19. The van der Waals surface area contributed by atoms with Crippen LogP contribution in [0.15, 0.2) is 28.8 Å². The van der Waals surface area contributed by atoms with Crippen molar-refractivity contribution in [2.24, 2.45) is 0 Å². The number of benzene rings is 1. The molecule has 2 aromatic rings. The zero-order valence-electron chi connectivity index (χ0n) is 10.9. The van der Waals surface area contributed by atoms with Crippen LogP contribution in [0.5, 0.6) is 5.75 Å². The first-order valence-corrected chi connectivity index (χ1v) is 6.43. The molecule has 1 aliphatic rings. The van der Waals surface area contributed by atoms with Gasteiger partial charge in [0, 0.05) is 30.4 Å². The summed E-state index contributed by atoms with van der Waals surface area (Å²) < 4.78 is 10.3. The topological polar surface area (TPSA) is 64.5 Å². The summed E-state index contributed by atoms with van der Waals surface area (Å²) in [6, 6.07) is 7.77. The molecule has 0 aliphatic carbocycles. The monoisotopic (exact) mass is 259 g/mol. The Morgan fingerprint density at radius 1 is 1.26 bits per heavy atom. The molecule has 1 aromatic carbocycles. The molecule has 0 radical (unpaired) electrons. The predicted molar refractivity (Wildman–Crippen MR) is 74.4 cm³/mol. The summed E-state index contributed by atoms with van der Waals surface area (Å²) >= 11 is 0. The number of nitrogen functional groups attached to an aromatic ring is 1. The van der Waals surface area contributed by atoms with Crippen LogP contribution in [0.1, 0.15) is 12.8 Å². The summed E-state index contributed by atoms with van der Waals surface area (Å²) in [6.45, 7) is 2.15. The highest BCUT2D eigenvalue weighted by Crippen LogP contribution is 2.35. The van der Waals surface area contributed by atoms with E-state index in [0.29, 0.717) is 5.88 Å².